The summed E-state index contributed by atoms with van der Waals surface area (Å²) in [6.07, 6.45) is 0. The van der Waals surface area contributed by atoms with Crippen molar-refractivity contribution in [1.82, 2.24) is 15.2 Å². The molecule has 0 atom stereocenters. The predicted molar refractivity (Wildman–Crippen MR) is 135 cm³/mol. The van der Waals surface area contributed by atoms with Crippen molar-refractivity contribution in [3.05, 3.63) is 90.5 Å². The molecule has 0 aliphatic carbocycles. The van der Waals surface area contributed by atoms with Gasteiger partial charge in [-0.25, -0.2) is 4.98 Å². The summed E-state index contributed by atoms with van der Waals surface area (Å²) in [4.78, 5) is 17.2. The lowest BCUT2D eigenvalue weighted by Gasteiger charge is -2.19. The summed E-state index contributed by atoms with van der Waals surface area (Å²) in [6.45, 7) is 6.49. The molecule has 3 aromatic carbocycles. The molecule has 6 heteroatoms. The number of thioether (sulfide) groups is 1. The molecule has 0 aliphatic rings. The second-order valence-corrected chi connectivity index (χ2v) is 9.63. The largest absolute Gasteiger partial charge is 0.325 e. The van der Waals surface area contributed by atoms with Crippen LogP contribution >= 0.6 is 11.8 Å². The summed E-state index contributed by atoms with van der Waals surface area (Å²) in [5, 5.41) is 12.1. The van der Waals surface area contributed by atoms with Crippen LogP contribution in [0.5, 0.6) is 0 Å². The summed E-state index contributed by atoms with van der Waals surface area (Å²) < 4.78 is 0. The zero-order chi connectivity index (χ0) is 23.3. The average molecular weight is 455 g/mol. The maximum Gasteiger partial charge on any atom is 0.234 e. The molecule has 1 amide bonds. The quantitative estimate of drug-likeness (QED) is 0.350. The van der Waals surface area contributed by atoms with Crippen molar-refractivity contribution in [3.63, 3.8) is 0 Å². The van der Waals surface area contributed by atoms with E-state index in [-0.39, 0.29) is 17.1 Å². The Labute approximate surface area is 198 Å². The van der Waals surface area contributed by atoms with Crippen LogP contribution in [0.15, 0.2) is 90.1 Å². The highest BCUT2D eigenvalue weighted by Gasteiger charge is 2.15. The van der Waals surface area contributed by atoms with Gasteiger partial charge in [0.25, 0.3) is 0 Å². The molecule has 0 bridgehead atoms. The Morgan fingerprint density at radius 3 is 1.94 bits per heavy atom. The Kier molecular flexibility index (Phi) is 6.84. The molecule has 0 fully saturated rings. The number of hydrogen-bond acceptors (Lipinski definition) is 5. The Balaban J connectivity index is 1.49. The molecule has 0 radical (unpaired) electrons. The molecule has 0 saturated heterocycles. The van der Waals surface area contributed by atoms with E-state index in [2.05, 4.69) is 36.3 Å². The Morgan fingerprint density at radius 1 is 0.788 bits per heavy atom. The van der Waals surface area contributed by atoms with Crippen LogP contribution in [0.4, 0.5) is 5.69 Å². The van der Waals surface area contributed by atoms with Crippen molar-refractivity contribution in [2.24, 2.45) is 0 Å². The van der Waals surface area contributed by atoms with Gasteiger partial charge in [-0.05, 0) is 23.1 Å². The van der Waals surface area contributed by atoms with Gasteiger partial charge in [0, 0.05) is 16.8 Å². The summed E-state index contributed by atoms with van der Waals surface area (Å²) in [5.74, 6) is 0.0854. The molecular weight excluding hydrogens is 428 g/mol. The van der Waals surface area contributed by atoms with Crippen molar-refractivity contribution < 1.29 is 4.79 Å². The second-order valence-electron chi connectivity index (χ2n) is 8.69. The number of rotatable bonds is 6. The number of aromatic nitrogens is 3. The Morgan fingerprint density at radius 2 is 1.36 bits per heavy atom. The van der Waals surface area contributed by atoms with Crippen molar-refractivity contribution >= 4 is 23.4 Å². The number of nitrogens with zero attached hydrogens (tertiary/aromatic N) is 3. The number of carbonyl (C=O) groups is 1. The highest BCUT2D eigenvalue weighted by molar-refractivity contribution is 7.99. The molecule has 166 valence electrons. The number of benzene rings is 3. The SMILES string of the molecule is CC(C)(C)c1ccc(NC(=O)CSc2nnc(-c3ccccc3)c(-c3ccccc3)n2)cc1. The van der Waals surface area contributed by atoms with Gasteiger partial charge in [0.05, 0.1) is 5.75 Å². The summed E-state index contributed by atoms with van der Waals surface area (Å²) in [5.41, 5.74) is 5.44. The number of hydrogen-bond donors (Lipinski definition) is 1. The predicted octanol–water partition coefficient (Wildman–Crippen LogP) is 6.23. The summed E-state index contributed by atoms with van der Waals surface area (Å²) >= 11 is 1.27. The van der Waals surface area contributed by atoms with Crippen molar-refractivity contribution in [3.8, 4) is 22.5 Å². The molecule has 33 heavy (non-hydrogen) atoms. The van der Waals surface area contributed by atoms with Gasteiger partial charge in [0.1, 0.15) is 11.4 Å². The standard InChI is InChI=1S/C27H26N4OS/c1-27(2,3)21-14-16-22(17-15-21)28-23(32)18-33-26-29-24(19-10-6-4-7-11-19)25(30-31-26)20-12-8-5-9-13-20/h4-17H,18H2,1-3H3,(H,28,32). The minimum absolute atomic E-state index is 0.0745. The van der Waals surface area contributed by atoms with Gasteiger partial charge in [0.2, 0.25) is 11.1 Å². The molecule has 0 unspecified atom stereocenters. The van der Waals surface area contributed by atoms with Crippen LogP contribution < -0.4 is 5.32 Å². The average Bonchev–Trinajstić information content (AvgIpc) is 2.83. The first-order chi connectivity index (χ1) is 15.9. The first-order valence-corrected chi connectivity index (χ1v) is 11.8. The normalized spacial score (nSPS) is 11.2. The van der Waals surface area contributed by atoms with Crippen LogP contribution in [0.2, 0.25) is 0 Å². The van der Waals surface area contributed by atoms with Crippen LogP contribution in [0.3, 0.4) is 0 Å². The van der Waals surface area contributed by atoms with Gasteiger partial charge >= 0.3 is 0 Å². The van der Waals surface area contributed by atoms with E-state index >= 15 is 0 Å². The third kappa shape index (κ3) is 5.84. The fourth-order valence-corrected chi connectivity index (χ4v) is 3.93. The Hall–Kier alpha value is -3.51. The smallest absolute Gasteiger partial charge is 0.234 e. The lowest BCUT2D eigenvalue weighted by molar-refractivity contribution is -0.113. The number of carbonyl (C=O) groups excluding carboxylic acids is 1. The first-order valence-electron chi connectivity index (χ1n) is 10.8. The van der Waals surface area contributed by atoms with Gasteiger partial charge in [-0.1, -0.05) is 105 Å². The minimum Gasteiger partial charge on any atom is -0.325 e. The van der Waals surface area contributed by atoms with Crippen LogP contribution in [-0.4, -0.2) is 26.8 Å². The maximum atomic E-state index is 12.5. The Bertz CT molecular complexity index is 1220. The van der Waals surface area contributed by atoms with E-state index in [0.717, 1.165) is 28.2 Å². The van der Waals surface area contributed by atoms with Crippen LogP contribution in [-0.2, 0) is 10.2 Å². The second kappa shape index (κ2) is 9.96. The molecule has 0 spiro atoms. The number of amides is 1. The monoisotopic (exact) mass is 454 g/mol. The van der Waals surface area contributed by atoms with Gasteiger partial charge in [-0.3, -0.25) is 4.79 Å². The topological polar surface area (TPSA) is 67.8 Å². The van der Waals surface area contributed by atoms with Crippen molar-refractivity contribution in [2.45, 2.75) is 31.3 Å². The van der Waals surface area contributed by atoms with E-state index in [1.54, 1.807) is 0 Å². The van der Waals surface area contributed by atoms with Gasteiger partial charge in [0.15, 0.2) is 0 Å². The van der Waals surface area contributed by atoms with Gasteiger partial charge in [-0.15, -0.1) is 10.2 Å². The molecular formula is C27H26N4OS. The molecule has 4 rings (SSSR count). The number of anilines is 1. The summed E-state index contributed by atoms with van der Waals surface area (Å²) in [7, 11) is 0. The van der Waals surface area contributed by atoms with E-state index in [1.165, 1.54) is 17.3 Å². The molecule has 5 nitrogen and oxygen atoms in total. The minimum atomic E-state index is -0.111. The van der Waals surface area contributed by atoms with Crippen molar-refractivity contribution in [1.29, 1.82) is 0 Å². The van der Waals surface area contributed by atoms with Crippen LogP contribution in [0.1, 0.15) is 26.3 Å². The lowest BCUT2D eigenvalue weighted by Crippen LogP contribution is -2.15. The van der Waals surface area contributed by atoms with E-state index in [0.29, 0.717) is 5.16 Å². The molecule has 0 saturated carbocycles. The molecule has 1 aromatic heterocycles. The first kappa shape index (κ1) is 22.7. The highest BCUT2D eigenvalue weighted by atomic mass is 32.2. The zero-order valence-corrected chi connectivity index (χ0v) is 19.8. The molecule has 1 heterocycles. The van der Waals surface area contributed by atoms with E-state index in [4.69, 9.17) is 4.98 Å². The fraction of sp³-hybridized carbons (Fsp3) is 0.185. The molecule has 4 aromatic rings. The third-order valence-corrected chi connectivity index (χ3v) is 5.97. The maximum absolute atomic E-state index is 12.5. The van der Waals surface area contributed by atoms with Gasteiger partial charge in [-0.2, -0.15) is 0 Å². The third-order valence-electron chi connectivity index (χ3n) is 5.13. The van der Waals surface area contributed by atoms with Crippen LogP contribution in [0, 0.1) is 0 Å². The van der Waals surface area contributed by atoms with E-state index in [1.807, 2.05) is 84.9 Å². The van der Waals surface area contributed by atoms with Crippen LogP contribution in [0.25, 0.3) is 22.5 Å². The fourth-order valence-electron chi connectivity index (χ4n) is 3.34. The molecule has 0 aliphatic heterocycles. The highest BCUT2D eigenvalue weighted by Crippen LogP contribution is 2.29. The van der Waals surface area contributed by atoms with E-state index in [9.17, 15) is 4.79 Å². The number of nitrogens with one attached hydrogen (secondary N) is 1. The lowest BCUT2D eigenvalue weighted by atomic mass is 9.87. The van der Waals surface area contributed by atoms with Crippen molar-refractivity contribution in [2.75, 3.05) is 11.1 Å². The zero-order valence-electron chi connectivity index (χ0n) is 18.9. The van der Waals surface area contributed by atoms with Gasteiger partial charge < -0.3 is 5.32 Å². The molecule has 1 N–H and O–H groups in total. The van der Waals surface area contributed by atoms with E-state index < -0.39 is 0 Å². The summed E-state index contributed by atoms with van der Waals surface area (Å²) in [6, 6.07) is 27.7.